The van der Waals surface area contributed by atoms with Gasteiger partial charge in [0, 0.05) is 18.7 Å². The van der Waals surface area contributed by atoms with E-state index in [1.807, 2.05) is 13.8 Å². The van der Waals surface area contributed by atoms with Crippen LogP contribution < -0.4 is 0 Å². The zero-order valence-corrected chi connectivity index (χ0v) is 10.6. The second-order valence-electron chi connectivity index (χ2n) is 4.09. The van der Waals surface area contributed by atoms with E-state index in [9.17, 15) is 13.2 Å². The van der Waals surface area contributed by atoms with E-state index >= 15 is 0 Å². The molecule has 1 aromatic rings. The lowest BCUT2D eigenvalue weighted by atomic mass is 10.1. The number of rotatable bonds is 5. The van der Waals surface area contributed by atoms with Crippen molar-refractivity contribution in [1.29, 1.82) is 5.41 Å². The maximum absolute atomic E-state index is 13.1. The Kier molecular flexibility index (Phi) is 5.19. The van der Waals surface area contributed by atoms with Gasteiger partial charge in [0.1, 0.15) is 5.84 Å². The third kappa shape index (κ3) is 3.24. The van der Waals surface area contributed by atoms with Crippen molar-refractivity contribution in [2.24, 2.45) is 0 Å². The summed E-state index contributed by atoms with van der Waals surface area (Å²) in [4.78, 5) is 1.73. The molecule has 2 nitrogen and oxygen atoms in total. The van der Waals surface area contributed by atoms with Gasteiger partial charge in [-0.15, -0.1) is 0 Å². The highest BCUT2D eigenvalue weighted by Crippen LogP contribution is 2.15. The summed E-state index contributed by atoms with van der Waals surface area (Å²) in [5, 5.41) is 7.93. The Morgan fingerprint density at radius 2 is 1.50 bits per heavy atom. The zero-order valence-electron chi connectivity index (χ0n) is 10.6. The van der Waals surface area contributed by atoms with Gasteiger partial charge < -0.3 is 4.90 Å². The van der Waals surface area contributed by atoms with Crippen molar-refractivity contribution in [2.45, 2.75) is 26.7 Å². The number of benzene rings is 1. The van der Waals surface area contributed by atoms with Crippen LogP contribution in [0, 0.1) is 22.9 Å². The van der Waals surface area contributed by atoms with E-state index in [0.717, 1.165) is 25.0 Å². The molecule has 0 saturated heterocycles. The number of amidine groups is 1. The Morgan fingerprint density at radius 3 is 1.89 bits per heavy atom. The van der Waals surface area contributed by atoms with Crippen molar-refractivity contribution in [3.8, 4) is 0 Å². The minimum absolute atomic E-state index is 0.0245. The monoisotopic (exact) mass is 258 g/mol. The summed E-state index contributed by atoms with van der Waals surface area (Å²) in [5.41, 5.74) is 0.0632. The van der Waals surface area contributed by atoms with Crippen LogP contribution in [0.2, 0.25) is 0 Å². The van der Waals surface area contributed by atoms with Crippen molar-refractivity contribution in [1.82, 2.24) is 4.90 Å². The van der Waals surface area contributed by atoms with Gasteiger partial charge in [0.2, 0.25) is 0 Å². The first-order chi connectivity index (χ1) is 8.51. The molecule has 0 fully saturated rings. The first-order valence-corrected chi connectivity index (χ1v) is 5.99. The van der Waals surface area contributed by atoms with E-state index in [-0.39, 0.29) is 11.4 Å². The second kappa shape index (κ2) is 6.42. The van der Waals surface area contributed by atoms with E-state index in [2.05, 4.69) is 0 Å². The highest BCUT2D eigenvalue weighted by Gasteiger charge is 2.16. The van der Waals surface area contributed by atoms with Crippen molar-refractivity contribution in [3.05, 3.63) is 35.1 Å². The quantitative estimate of drug-likeness (QED) is 0.488. The van der Waals surface area contributed by atoms with Gasteiger partial charge in [-0.05, 0) is 25.0 Å². The minimum Gasteiger partial charge on any atom is -0.357 e. The second-order valence-corrected chi connectivity index (χ2v) is 4.09. The van der Waals surface area contributed by atoms with Crippen LogP contribution in [-0.2, 0) is 0 Å². The molecule has 0 aliphatic heterocycles. The summed E-state index contributed by atoms with van der Waals surface area (Å²) in [7, 11) is 0. The molecule has 0 aromatic heterocycles. The Hall–Kier alpha value is -1.52. The van der Waals surface area contributed by atoms with Crippen molar-refractivity contribution in [3.63, 3.8) is 0 Å². The molecule has 1 aromatic carbocycles. The molecule has 18 heavy (non-hydrogen) atoms. The third-order valence-corrected chi connectivity index (χ3v) is 2.56. The number of nitrogens with one attached hydrogen (secondary N) is 1. The van der Waals surface area contributed by atoms with Crippen molar-refractivity contribution in [2.75, 3.05) is 13.1 Å². The highest BCUT2D eigenvalue weighted by molar-refractivity contribution is 5.96. The Balaban J connectivity index is 3.01. The smallest absolute Gasteiger partial charge is 0.194 e. The van der Waals surface area contributed by atoms with Gasteiger partial charge in [0.25, 0.3) is 0 Å². The average Bonchev–Trinajstić information content (AvgIpc) is 2.34. The fourth-order valence-electron chi connectivity index (χ4n) is 1.75. The fourth-order valence-corrected chi connectivity index (χ4v) is 1.75. The topological polar surface area (TPSA) is 27.1 Å². The van der Waals surface area contributed by atoms with Crippen molar-refractivity contribution < 1.29 is 13.2 Å². The normalized spacial score (nSPS) is 10.5. The van der Waals surface area contributed by atoms with Gasteiger partial charge in [0.15, 0.2) is 17.5 Å². The van der Waals surface area contributed by atoms with Gasteiger partial charge in [-0.25, -0.2) is 13.2 Å². The average molecular weight is 258 g/mol. The SMILES string of the molecule is CCCN(CCC)C(=N)c1cc(F)c(F)c(F)c1. The molecule has 0 saturated carbocycles. The number of hydrogen-bond acceptors (Lipinski definition) is 1. The number of nitrogens with zero attached hydrogens (tertiary/aromatic N) is 1. The van der Waals surface area contributed by atoms with Crippen LogP contribution in [0.15, 0.2) is 12.1 Å². The largest absolute Gasteiger partial charge is 0.357 e. The van der Waals surface area contributed by atoms with Crippen molar-refractivity contribution >= 4 is 5.84 Å². The number of halogens is 3. The van der Waals surface area contributed by atoms with Crippen LogP contribution in [0.25, 0.3) is 0 Å². The van der Waals surface area contributed by atoms with Gasteiger partial charge in [-0.3, -0.25) is 5.41 Å². The van der Waals surface area contributed by atoms with Gasteiger partial charge >= 0.3 is 0 Å². The van der Waals surface area contributed by atoms with Gasteiger partial charge in [-0.1, -0.05) is 13.8 Å². The fraction of sp³-hybridized carbons (Fsp3) is 0.462. The first kappa shape index (κ1) is 14.5. The molecule has 0 radical (unpaired) electrons. The molecular formula is C13H17F3N2. The predicted molar refractivity (Wildman–Crippen MR) is 65.3 cm³/mol. The van der Waals surface area contributed by atoms with E-state index in [0.29, 0.717) is 13.1 Å². The third-order valence-electron chi connectivity index (χ3n) is 2.56. The molecule has 0 aliphatic carbocycles. The molecule has 0 bridgehead atoms. The molecule has 1 N–H and O–H groups in total. The molecule has 0 spiro atoms. The van der Waals surface area contributed by atoms with Crippen LogP contribution in [0.1, 0.15) is 32.3 Å². The Labute approximate surface area is 105 Å². The van der Waals surface area contributed by atoms with Crippen LogP contribution in [-0.4, -0.2) is 23.8 Å². The predicted octanol–water partition coefficient (Wildman–Crippen LogP) is 3.55. The van der Waals surface area contributed by atoms with Crippen LogP contribution in [0.3, 0.4) is 0 Å². The number of hydrogen-bond donors (Lipinski definition) is 1. The van der Waals surface area contributed by atoms with Gasteiger partial charge in [0.05, 0.1) is 0 Å². The van der Waals surface area contributed by atoms with E-state index in [1.54, 1.807) is 4.90 Å². The minimum atomic E-state index is -1.50. The summed E-state index contributed by atoms with van der Waals surface area (Å²) in [5.74, 6) is -3.99. The summed E-state index contributed by atoms with van der Waals surface area (Å²) in [6.07, 6.45) is 1.66. The van der Waals surface area contributed by atoms with Crippen LogP contribution >= 0.6 is 0 Å². The lowest BCUT2D eigenvalue weighted by molar-refractivity contribution is 0.413. The highest BCUT2D eigenvalue weighted by atomic mass is 19.2. The molecule has 0 aliphatic rings. The molecule has 0 unspecified atom stereocenters. The molecule has 0 atom stereocenters. The summed E-state index contributed by atoms with van der Waals surface area (Å²) < 4.78 is 39.0. The lowest BCUT2D eigenvalue weighted by Crippen LogP contribution is -2.32. The maximum Gasteiger partial charge on any atom is 0.194 e. The Bertz CT molecular complexity index is 403. The first-order valence-electron chi connectivity index (χ1n) is 5.99. The molecule has 5 heteroatoms. The molecule has 100 valence electrons. The van der Waals surface area contributed by atoms with E-state index < -0.39 is 17.5 Å². The van der Waals surface area contributed by atoms with Gasteiger partial charge in [-0.2, -0.15) is 0 Å². The molecule has 0 heterocycles. The summed E-state index contributed by atoms with van der Waals surface area (Å²) >= 11 is 0. The maximum atomic E-state index is 13.1. The van der Waals surface area contributed by atoms with Crippen LogP contribution in [0.5, 0.6) is 0 Å². The van der Waals surface area contributed by atoms with E-state index in [4.69, 9.17) is 5.41 Å². The Morgan fingerprint density at radius 1 is 1.06 bits per heavy atom. The zero-order chi connectivity index (χ0) is 13.7. The summed E-state index contributed by atoms with van der Waals surface area (Å²) in [6.45, 7) is 5.18. The molecule has 0 amide bonds. The molecule has 1 rings (SSSR count). The summed E-state index contributed by atoms with van der Waals surface area (Å²) in [6, 6.07) is 1.72. The standard InChI is InChI=1S/C13H17F3N2/c1-3-5-18(6-4-2)13(17)9-7-10(14)12(16)11(15)8-9/h7-8,17H,3-6H2,1-2H3. The van der Waals surface area contributed by atoms with Crippen LogP contribution in [0.4, 0.5) is 13.2 Å². The van der Waals surface area contributed by atoms with E-state index in [1.165, 1.54) is 0 Å². The lowest BCUT2D eigenvalue weighted by Gasteiger charge is -2.24. The molecular weight excluding hydrogens is 241 g/mol.